The van der Waals surface area contributed by atoms with E-state index in [0.717, 1.165) is 6.42 Å². The Morgan fingerprint density at radius 2 is 1.91 bits per heavy atom. The van der Waals surface area contributed by atoms with Crippen LogP contribution in [0.5, 0.6) is 0 Å². The molecule has 0 radical (unpaired) electrons. The number of amides is 3. The first-order valence-corrected chi connectivity index (χ1v) is 10.7. The molecule has 2 fully saturated rings. The zero-order valence-electron chi connectivity index (χ0n) is 18.1. The van der Waals surface area contributed by atoms with Gasteiger partial charge in [-0.2, -0.15) is 0 Å². The van der Waals surface area contributed by atoms with Crippen LogP contribution in [0.2, 0.25) is 0 Å². The van der Waals surface area contributed by atoms with Gasteiger partial charge in [-0.3, -0.25) is 23.9 Å². The maximum absolute atomic E-state index is 12.9. The molecule has 0 aliphatic carbocycles. The Morgan fingerprint density at radius 3 is 2.44 bits per heavy atom. The van der Waals surface area contributed by atoms with Crippen LogP contribution in [0.4, 0.5) is 13.2 Å². The van der Waals surface area contributed by atoms with Gasteiger partial charge in [0, 0.05) is 19.1 Å². The summed E-state index contributed by atoms with van der Waals surface area (Å²) in [6, 6.07) is -2.38. The van der Waals surface area contributed by atoms with Crippen molar-refractivity contribution in [3.8, 4) is 0 Å². The highest BCUT2D eigenvalue weighted by molar-refractivity contribution is 5.94. The average Bonchev–Trinajstić information content (AvgIpc) is 3.36. The smallest absolute Gasteiger partial charge is 0.368 e. The van der Waals surface area contributed by atoms with Crippen LogP contribution in [0.25, 0.3) is 0 Å². The summed E-state index contributed by atoms with van der Waals surface area (Å²) in [4.78, 5) is 49.6. The number of rotatable bonds is 11. The molecule has 0 saturated carbocycles. The largest absolute Gasteiger partial charge is 0.522 e. The third-order valence-electron chi connectivity index (χ3n) is 5.33. The van der Waals surface area contributed by atoms with Crippen LogP contribution in [0, 0.1) is 11.8 Å². The number of hydrogen-bond donors (Lipinski definition) is 3. The summed E-state index contributed by atoms with van der Waals surface area (Å²) in [7, 11) is 0. The molecule has 2 aliphatic heterocycles. The van der Waals surface area contributed by atoms with Crippen molar-refractivity contribution in [1.29, 1.82) is 0 Å². The van der Waals surface area contributed by atoms with E-state index in [9.17, 15) is 32.3 Å². The Bertz CT molecular complexity index is 695. The molecule has 0 aromatic rings. The van der Waals surface area contributed by atoms with Crippen LogP contribution in [-0.2, 0) is 28.7 Å². The second kappa shape index (κ2) is 11.6. The van der Waals surface area contributed by atoms with Crippen molar-refractivity contribution in [3.05, 3.63) is 0 Å². The Morgan fingerprint density at radius 1 is 1.19 bits per heavy atom. The minimum absolute atomic E-state index is 0.00105. The number of Topliss-reactive ketones (excluding diaryl/α,β-unsaturated/α-hetero) is 1. The predicted octanol–water partition coefficient (Wildman–Crippen LogP) is 0.813. The lowest BCUT2D eigenvalue weighted by molar-refractivity contribution is -0.321. The second-order valence-corrected chi connectivity index (χ2v) is 8.47. The van der Waals surface area contributed by atoms with E-state index < -0.39 is 54.7 Å². The molecule has 0 aromatic heterocycles. The first-order valence-electron chi connectivity index (χ1n) is 10.7. The number of carbonyl (C=O) groups is 4. The van der Waals surface area contributed by atoms with Crippen molar-refractivity contribution in [2.45, 2.75) is 70.5 Å². The highest BCUT2D eigenvalue weighted by Gasteiger charge is 2.36. The molecule has 9 nitrogen and oxygen atoms in total. The fourth-order valence-corrected chi connectivity index (χ4v) is 3.70. The van der Waals surface area contributed by atoms with Crippen LogP contribution < -0.4 is 16.0 Å². The Hall–Kier alpha value is -2.21. The molecule has 4 atom stereocenters. The lowest BCUT2D eigenvalue weighted by atomic mass is 9.95. The van der Waals surface area contributed by atoms with Gasteiger partial charge in [0.05, 0.1) is 6.04 Å². The molecule has 2 heterocycles. The van der Waals surface area contributed by atoms with Crippen LogP contribution in [0.3, 0.4) is 0 Å². The number of alkyl halides is 3. The number of hydrogen-bond acceptors (Lipinski definition) is 6. The van der Waals surface area contributed by atoms with Gasteiger partial charge in [0.15, 0.2) is 5.78 Å². The van der Waals surface area contributed by atoms with E-state index in [0.29, 0.717) is 26.0 Å². The minimum Gasteiger partial charge on any atom is -0.368 e. The van der Waals surface area contributed by atoms with Gasteiger partial charge < -0.3 is 20.7 Å². The highest BCUT2D eigenvalue weighted by atomic mass is 19.4. The fourth-order valence-electron chi connectivity index (χ4n) is 3.70. The zero-order valence-corrected chi connectivity index (χ0v) is 18.1. The van der Waals surface area contributed by atoms with Crippen molar-refractivity contribution >= 4 is 23.5 Å². The van der Waals surface area contributed by atoms with Gasteiger partial charge in [-0.25, -0.2) is 0 Å². The lowest BCUT2D eigenvalue weighted by Crippen LogP contribution is -2.54. The number of halogens is 3. The molecule has 2 aliphatic rings. The quantitative estimate of drug-likeness (QED) is 0.415. The maximum atomic E-state index is 12.9. The van der Waals surface area contributed by atoms with Crippen molar-refractivity contribution in [2.24, 2.45) is 11.8 Å². The molecule has 32 heavy (non-hydrogen) atoms. The van der Waals surface area contributed by atoms with E-state index >= 15 is 0 Å². The standard InChI is InChI=1S/C20H30F3N3O6/c1-11(2)8-14(26-19(30)16-4-3-7-31-16)18(29)25-13(9-12-5-6-24-17(12)28)15(27)10-32-20(21,22)23/h11-14,16H,3-10H2,1-2H3,(H,24,28)(H,25,29)(H,26,30). The zero-order chi connectivity index (χ0) is 23.9. The van der Waals surface area contributed by atoms with E-state index in [1.807, 2.05) is 13.8 Å². The molecule has 4 unspecified atom stereocenters. The van der Waals surface area contributed by atoms with Crippen molar-refractivity contribution in [2.75, 3.05) is 19.8 Å². The highest BCUT2D eigenvalue weighted by Crippen LogP contribution is 2.20. The molecule has 2 rings (SSSR count). The predicted molar refractivity (Wildman–Crippen MR) is 105 cm³/mol. The van der Waals surface area contributed by atoms with Gasteiger partial charge in [0.1, 0.15) is 18.8 Å². The topological polar surface area (TPSA) is 123 Å². The molecular formula is C20H30F3N3O6. The molecule has 0 spiro atoms. The summed E-state index contributed by atoms with van der Waals surface area (Å²) in [6.45, 7) is 3.20. The van der Waals surface area contributed by atoms with E-state index in [2.05, 4.69) is 20.7 Å². The van der Waals surface area contributed by atoms with Crippen LogP contribution in [-0.4, -0.2) is 67.8 Å². The first-order chi connectivity index (χ1) is 15.0. The van der Waals surface area contributed by atoms with Crippen molar-refractivity contribution in [3.63, 3.8) is 0 Å². The van der Waals surface area contributed by atoms with Gasteiger partial charge >= 0.3 is 6.36 Å². The average molecular weight is 465 g/mol. The molecular weight excluding hydrogens is 435 g/mol. The fraction of sp³-hybridized carbons (Fsp3) is 0.800. The van der Waals surface area contributed by atoms with Crippen LogP contribution in [0.15, 0.2) is 0 Å². The number of ketones is 1. The van der Waals surface area contributed by atoms with E-state index in [1.54, 1.807) is 0 Å². The summed E-state index contributed by atoms with van der Waals surface area (Å²) < 4.78 is 46.1. The summed E-state index contributed by atoms with van der Waals surface area (Å²) in [5.74, 6) is -3.14. The Labute approximate surface area is 184 Å². The minimum atomic E-state index is -5.01. The van der Waals surface area contributed by atoms with Gasteiger partial charge in [0.25, 0.3) is 0 Å². The molecule has 0 aromatic carbocycles. The maximum Gasteiger partial charge on any atom is 0.522 e. The normalized spacial score (nSPS) is 23.0. The molecule has 3 amide bonds. The lowest BCUT2D eigenvalue weighted by Gasteiger charge is -2.26. The van der Waals surface area contributed by atoms with E-state index in [4.69, 9.17) is 4.74 Å². The Balaban J connectivity index is 2.09. The second-order valence-electron chi connectivity index (χ2n) is 8.47. The molecule has 3 N–H and O–H groups in total. The number of ether oxygens (including phenoxy) is 2. The molecule has 2 saturated heterocycles. The molecule has 182 valence electrons. The molecule has 0 bridgehead atoms. The third-order valence-corrected chi connectivity index (χ3v) is 5.33. The SMILES string of the molecule is CC(C)CC(NC(=O)C1CCCO1)C(=O)NC(CC1CCNC1=O)C(=O)COC(F)(F)F. The van der Waals surface area contributed by atoms with Gasteiger partial charge in [-0.1, -0.05) is 13.8 Å². The van der Waals surface area contributed by atoms with Crippen LogP contribution in [0.1, 0.15) is 46.0 Å². The number of carbonyl (C=O) groups excluding carboxylic acids is 4. The van der Waals surface area contributed by atoms with Gasteiger partial charge in [0.2, 0.25) is 17.7 Å². The monoisotopic (exact) mass is 465 g/mol. The Kier molecular flexibility index (Phi) is 9.44. The van der Waals surface area contributed by atoms with Crippen molar-refractivity contribution in [1.82, 2.24) is 16.0 Å². The number of nitrogens with one attached hydrogen (secondary N) is 3. The summed E-state index contributed by atoms with van der Waals surface area (Å²) >= 11 is 0. The van der Waals surface area contributed by atoms with Gasteiger partial charge in [-0.15, -0.1) is 13.2 Å². The van der Waals surface area contributed by atoms with E-state index in [1.165, 1.54) is 0 Å². The summed E-state index contributed by atoms with van der Waals surface area (Å²) in [5.41, 5.74) is 0. The third kappa shape index (κ3) is 8.38. The summed E-state index contributed by atoms with van der Waals surface area (Å²) in [5, 5.41) is 7.63. The van der Waals surface area contributed by atoms with Crippen molar-refractivity contribution < 1.29 is 41.8 Å². The summed E-state index contributed by atoms with van der Waals surface area (Å²) in [6.07, 6.45) is -3.96. The van der Waals surface area contributed by atoms with Gasteiger partial charge in [-0.05, 0) is 38.0 Å². The first kappa shape index (κ1) is 26.0. The molecule has 12 heteroatoms. The van der Waals surface area contributed by atoms with Crippen LogP contribution >= 0.6 is 0 Å². The van der Waals surface area contributed by atoms with E-state index in [-0.39, 0.29) is 24.7 Å².